The number of methoxy groups -OCH3 is 1. The summed E-state index contributed by atoms with van der Waals surface area (Å²) in [6.07, 6.45) is 3.41. The van der Waals surface area contributed by atoms with E-state index < -0.39 is 0 Å². The molecule has 1 N–H and O–H groups in total. The number of aryl methyl sites for hydroxylation is 1. The molecule has 118 valence electrons. The van der Waals surface area contributed by atoms with Crippen LogP contribution in [0.25, 0.3) is 10.9 Å². The van der Waals surface area contributed by atoms with Crippen molar-refractivity contribution in [3.63, 3.8) is 0 Å². The lowest BCUT2D eigenvalue weighted by Gasteiger charge is -2.03. The molecule has 0 radical (unpaired) electrons. The van der Waals surface area contributed by atoms with E-state index in [-0.39, 0.29) is 11.8 Å². The predicted octanol–water partition coefficient (Wildman–Crippen LogP) is 2.38. The van der Waals surface area contributed by atoms with E-state index in [1.54, 1.807) is 6.07 Å². The lowest BCUT2D eigenvalue weighted by atomic mass is 10.2. The van der Waals surface area contributed by atoms with Crippen molar-refractivity contribution in [2.45, 2.75) is 44.8 Å². The molecule has 0 bridgehead atoms. The first-order chi connectivity index (χ1) is 10.7. The maximum Gasteiger partial charge on any atom is 0.305 e. The van der Waals surface area contributed by atoms with Crippen LogP contribution in [0.1, 0.15) is 31.4 Å². The van der Waals surface area contributed by atoms with E-state index in [0.717, 1.165) is 16.6 Å². The number of ether oxygens (including phenoxy) is 1. The number of carbonyl (C=O) groups is 1. The summed E-state index contributed by atoms with van der Waals surface area (Å²) in [7, 11) is 1.38. The van der Waals surface area contributed by atoms with Gasteiger partial charge in [0.05, 0.1) is 18.3 Å². The van der Waals surface area contributed by atoms with Crippen molar-refractivity contribution < 1.29 is 13.9 Å². The second-order valence-electron chi connectivity index (χ2n) is 5.67. The Labute approximate surface area is 128 Å². The molecular formula is C16H20FN3O2. The lowest BCUT2D eigenvalue weighted by molar-refractivity contribution is -0.140. The van der Waals surface area contributed by atoms with Crippen LogP contribution < -0.4 is 5.32 Å². The van der Waals surface area contributed by atoms with Gasteiger partial charge in [0, 0.05) is 30.9 Å². The van der Waals surface area contributed by atoms with Gasteiger partial charge >= 0.3 is 5.97 Å². The Morgan fingerprint density at radius 2 is 2.32 bits per heavy atom. The van der Waals surface area contributed by atoms with Crippen molar-refractivity contribution in [2.24, 2.45) is 0 Å². The molecule has 0 atom stereocenters. The van der Waals surface area contributed by atoms with Crippen molar-refractivity contribution >= 4 is 16.9 Å². The summed E-state index contributed by atoms with van der Waals surface area (Å²) in [6.45, 7) is 1.26. The van der Waals surface area contributed by atoms with Crippen LogP contribution in [0.15, 0.2) is 18.2 Å². The fraction of sp³-hybridized carbons (Fsp3) is 0.500. The van der Waals surface area contributed by atoms with Gasteiger partial charge in [-0.15, -0.1) is 0 Å². The molecule has 1 aromatic heterocycles. The van der Waals surface area contributed by atoms with Crippen molar-refractivity contribution in [2.75, 3.05) is 7.11 Å². The highest BCUT2D eigenvalue weighted by Crippen LogP contribution is 2.23. The Balaban J connectivity index is 1.77. The largest absolute Gasteiger partial charge is 0.469 e. The Morgan fingerprint density at radius 3 is 3.05 bits per heavy atom. The summed E-state index contributed by atoms with van der Waals surface area (Å²) in [5, 5.41) is 8.84. The molecule has 1 heterocycles. The minimum atomic E-state index is -0.255. The highest BCUT2D eigenvalue weighted by atomic mass is 19.1. The SMILES string of the molecule is COC(=O)CCCn1nc(CNC2CC2)c2cc(F)ccc21. The highest BCUT2D eigenvalue weighted by Gasteiger charge is 2.21. The van der Waals surface area contributed by atoms with Gasteiger partial charge in [0.2, 0.25) is 0 Å². The molecule has 0 spiro atoms. The average Bonchev–Trinajstić information content (AvgIpc) is 3.28. The molecule has 1 aliphatic rings. The zero-order chi connectivity index (χ0) is 15.5. The number of fused-ring (bicyclic) bond motifs is 1. The normalized spacial score (nSPS) is 14.5. The quantitative estimate of drug-likeness (QED) is 0.798. The smallest absolute Gasteiger partial charge is 0.305 e. The number of rotatable bonds is 7. The third kappa shape index (κ3) is 3.44. The van der Waals surface area contributed by atoms with Gasteiger partial charge in [-0.2, -0.15) is 5.10 Å². The summed E-state index contributed by atoms with van der Waals surface area (Å²) in [5.41, 5.74) is 1.76. The Kier molecular flexibility index (Phi) is 4.38. The number of aromatic nitrogens is 2. The molecule has 0 amide bonds. The monoisotopic (exact) mass is 305 g/mol. The molecule has 1 saturated carbocycles. The van der Waals surface area contributed by atoms with E-state index in [1.165, 1.54) is 32.1 Å². The molecule has 5 nitrogen and oxygen atoms in total. The second kappa shape index (κ2) is 6.44. The third-order valence-electron chi connectivity index (χ3n) is 3.90. The topological polar surface area (TPSA) is 56.2 Å². The van der Waals surface area contributed by atoms with Crippen molar-refractivity contribution in [3.05, 3.63) is 29.7 Å². The van der Waals surface area contributed by atoms with Crippen molar-refractivity contribution in [3.8, 4) is 0 Å². The van der Waals surface area contributed by atoms with Crippen LogP contribution in [0.4, 0.5) is 4.39 Å². The van der Waals surface area contributed by atoms with Gasteiger partial charge in [-0.25, -0.2) is 4.39 Å². The van der Waals surface area contributed by atoms with Crippen LogP contribution in [0, 0.1) is 5.82 Å². The number of halogens is 1. The standard InChI is InChI=1S/C16H20FN3O2/c1-22-16(21)3-2-8-20-15-7-4-11(17)9-13(15)14(19-20)10-18-12-5-6-12/h4,7,9,12,18H,2-3,5-6,8,10H2,1H3. The second-order valence-corrected chi connectivity index (χ2v) is 5.67. The van der Waals surface area contributed by atoms with Gasteiger partial charge < -0.3 is 10.1 Å². The third-order valence-corrected chi connectivity index (χ3v) is 3.90. The summed E-state index contributed by atoms with van der Waals surface area (Å²) in [5.74, 6) is -0.479. The molecule has 1 aromatic carbocycles. The minimum Gasteiger partial charge on any atom is -0.469 e. The number of nitrogens with zero attached hydrogens (tertiary/aromatic N) is 2. The van der Waals surface area contributed by atoms with Gasteiger partial charge in [0.1, 0.15) is 5.82 Å². The van der Waals surface area contributed by atoms with Crippen LogP contribution in [0.2, 0.25) is 0 Å². The average molecular weight is 305 g/mol. The molecule has 6 heteroatoms. The first-order valence-electron chi connectivity index (χ1n) is 7.62. The minimum absolute atomic E-state index is 0.224. The van der Waals surface area contributed by atoms with Crippen LogP contribution in [0.3, 0.4) is 0 Å². The number of benzene rings is 1. The van der Waals surface area contributed by atoms with E-state index in [0.29, 0.717) is 32.0 Å². The Hall–Kier alpha value is -1.95. The number of hydrogen-bond donors (Lipinski definition) is 1. The summed E-state index contributed by atoms with van der Waals surface area (Å²) in [6, 6.07) is 5.30. The van der Waals surface area contributed by atoms with Gasteiger partial charge in [0.25, 0.3) is 0 Å². The van der Waals surface area contributed by atoms with E-state index in [9.17, 15) is 9.18 Å². The predicted molar refractivity (Wildman–Crippen MR) is 80.8 cm³/mol. The van der Waals surface area contributed by atoms with Gasteiger partial charge in [-0.1, -0.05) is 0 Å². The van der Waals surface area contributed by atoms with Crippen LogP contribution in [-0.4, -0.2) is 28.9 Å². The summed E-state index contributed by atoms with van der Waals surface area (Å²) >= 11 is 0. The molecule has 1 aliphatic carbocycles. The molecule has 0 saturated heterocycles. The van der Waals surface area contributed by atoms with Crippen LogP contribution in [0.5, 0.6) is 0 Å². The molecule has 0 aliphatic heterocycles. The maximum absolute atomic E-state index is 13.5. The van der Waals surface area contributed by atoms with Crippen LogP contribution >= 0.6 is 0 Å². The van der Waals surface area contributed by atoms with Gasteiger partial charge in [-0.3, -0.25) is 9.48 Å². The molecule has 2 aromatic rings. The Morgan fingerprint density at radius 1 is 1.50 bits per heavy atom. The van der Waals surface area contributed by atoms with E-state index in [1.807, 2.05) is 4.68 Å². The molecule has 1 fully saturated rings. The van der Waals surface area contributed by atoms with E-state index >= 15 is 0 Å². The zero-order valence-corrected chi connectivity index (χ0v) is 12.6. The lowest BCUT2D eigenvalue weighted by Crippen LogP contribution is -2.16. The van der Waals surface area contributed by atoms with Crippen molar-refractivity contribution in [1.82, 2.24) is 15.1 Å². The zero-order valence-electron chi connectivity index (χ0n) is 12.6. The first kappa shape index (κ1) is 15.0. The summed E-state index contributed by atoms with van der Waals surface area (Å²) < 4.78 is 20.0. The van der Waals surface area contributed by atoms with Gasteiger partial charge in [0.15, 0.2) is 0 Å². The fourth-order valence-electron chi connectivity index (χ4n) is 2.52. The fourth-order valence-corrected chi connectivity index (χ4v) is 2.52. The Bertz CT molecular complexity index is 679. The van der Waals surface area contributed by atoms with Crippen LogP contribution in [-0.2, 0) is 22.6 Å². The maximum atomic E-state index is 13.5. The highest BCUT2D eigenvalue weighted by molar-refractivity contribution is 5.82. The van der Waals surface area contributed by atoms with E-state index in [2.05, 4.69) is 15.2 Å². The van der Waals surface area contributed by atoms with Crippen molar-refractivity contribution in [1.29, 1.82) is 0 Å². The molecule has 0 unspecified atom stereocenters. The number of nitrogens with one attached hydrogen (secondary N) is 1. The number of esters is 1. The molecular weight excluding hydrogens is 285 g/mol. The van der Waals surface area contributed by atoms with E-state index in [4.69, 9.17) is 0 Å². The first-order valence-corrected chi connectivity index (χ1v) is 7.62. The molecule has 3 rings (SSSR count). The molecule has 22 heavy (non-hydrogen) atoms. The number of hydrogen-bond acceptors (Lipinski definition) is 4. The summed E-state index contributed by atoms with van der Waals surface area (Å²) in [4.78, 5) is 11.2. The number of carbonyl (C=O) groups excluding carboxylic acids is 1. The van der Waals surface area contributed by atoms with Gasteiger partial charge in [-0.05, 0) is 37.5 Å².